The van der Waals surface area contributed by atoms with Crippen molar-refractivity contribution < 1.29 is 9.32 Å². The lowest BCUT2D eigenvalue weighted by molar-refractivity contribution is -0.116. The van der Waals surface area contributed by atoms with E-state index in [0.29, 0.717) is 23.3 Å². The molecule has 1 amide bonds. The van der Waals surface area contributed by atoms with Gasteiger partial charge in [0.2, 0.25) is 17.6 Å². The molecule has 3 aromatic rings. The Labute approximate surface area is 150 Å². The van der Waals surface area contributed by atoms with Gasteiger partial charge < -0.3 is 9.84 Å². The Morgan fingerprint density at radius 1 is 1.20 bits per heavy atom. The van der Waals surface area contributed by atoms with Gasteiger partial charge >= 0.3 is 0 Å². The molecule has 0 aliphatic rings. The molecule has 0 fully saturated rings. The van der Waals surface area contributed by atoms with E-state index in [2.05, 4.69) is 27.4 Å². The second-order valence-electron chi connectivity index (χ2n) is 5.71. The van der Waals surface area contributed by atoms with Crippen molar-refractivity contribution in [3.63, 3.8) is 0 Å². The number of anilines is 1. The molecule has 7 heteroatoms. The van der Waals surface area contributed by atoms with Gasteiger partial charge in [-0.2, -0.15) is 4.98 Å². The molecule has 0 bridgehead atoms. The lowest BCUT2D eigenvalue weighted by Crippen LogP contribution is -2.10. The van der Waals surface area contributed by atoms with E-state index in [1.165, 1.54) is 11.3 Å². The number of aryl methyl sites for hydroxylation is 1. The lowest BCUT2D eigenvalue weighted by Gasteiger charge is -2.00. The molecule has 130 valence electrons. The zero-order valence-electron chi connectivity index (χ0n) is 14.3. The summed E-state index contributed by atoms with van der Waals surface area (Å²) in [7, 11) is 0. The van der Waals surface area contributed by atoms with Gasteiger partial charge in [-0.25, -0.2) is 4.98 Å². The van der Waals surface area contributed by atoms with E-state index in [1.54, 1.807) is 6.92 Å². The van der Waals surface area contributed by atoms with Crippen LogP contribution in [0.3, 0.4) is 0 Å². The Kier molecular flexibility index (Phi) is 5.55. The summed E-state index contributed by atoms with van der Waals surface area (Å²) in [6.07, 6.45) is 3.53. The first-order chi connectivity index (χ1) is 12.2. The van der Waals surface area contributed by atoms with Gasteiger partial charge in [0.05, 0.1) is 5.69 Å². The van der Waals surface area contributed by atoms with Crippen molar-refractivity contribution in [2.45, 2.75) is 39.5 Å². The van der Waals surface area contributed by atoms with Crippen molar-refractivity contribution >= 4 is 22.4 Å². The molecule has 0 saturated carbocycles. The maximum Gasteiger partial charge on any atom is 0.226 e. The Bertz CT molecular complexity index is 842. The molecule has 3 rings (SSSR count). The molecule has 1 N–H and O–H groups in total. The zero-order valence-corrected chi connectivity index (χ0v) is 15.1. The molecule has 0 spiro atoms. The molecule has 2 aromatic heterocycles. The average molecular weight is 356 g/mol. The highest BCUT2D eigenvalue weighted by atomic mass is 32.1. The zero-order chi connectivity index (χ0) is 17.6. The van der Waals surface area contributed by atoms with Gasteiger partial charge in [0.15, 0.2) is 5.13 Å². The van der Waals surface area contributed by atoms with E-state index in [-0.39, 0.29) is 5.91 Å². The van der Waals surface area contributed by atoms with Crippen molar-refractivity contribution in [1.82, 2.24) is 15.1 Å². The number of hydrogen-bond acceptors (Lipinski definition) is 6. The topological polar surface area (TPSA) is 80.9 Å². The molecule has 25 heavy (non-hydrogen) atoms. The van der Waals surface area contributed by atoms with Crippen molar-refractivity contribution in [3.05, 3.63) is 36.2 Å². The number of amides is 1. The number of nitrogens with one attached hydrogen (secondary N) is 1. The summed E-state index contributed by atoms with van der Waals surface area (Å²) in [5.41, 5.74) is 1.69. The number of aromatic nitrogens is 3. The summed E-state index contributed by atoms with van der Waals surface area (Å²) in [6.45, 7) is 3.86. The third kappa shape index (κ3) is 4.30. The largest absolute Gasteiger partial charge is 0.339 e. The molecular weight excluding hydrogens is 336 g/mol. The van der Waals surface area contributed by atoms with E-state index in [4.69, 9.17) is 4.52 Å². The number of nitrogens with zero attached hydrogens (tertiary/aromatic N) is 3. The molecule has 0 aliphatic carbocycles. The Morgan fingerprint density at radius 3 is 2.68 bits per heavy atom. The Balaban J connectivity index is 1.88. The summed E-state index contributed by atoms with van der Waals surface area (Å²) in [4.78, 5) is 21.8. The van der Waals surface area contributed by atoms with E-state index >= 15 is 0 Å². The van der Waals surface area contributed by atoms with Crippen LogP contribution in [-0.4, -0.2) is 21.0 Å². The smallest absolute Gasteiger partial charge is 0.226 e. The van der Waals surface area contributed by atoms with Gasteiger partial charge in [-0.3, -0.25) is 4.79 Å². The van der Waals surface area contributed by atoms with Crippen molar-refractivity contribution in [2.24, 2.45) is 0 Å². The summed E-state index contributed by atoms with van der Waals surface area (Å²) in [5.74, 6) is 0.963. The van der Waals surface area contributed by atoms with Crippen LogP contribution in [0.15, 0.2) is 34.9 Å². The van der Waals surface area contributed by atoms with Crippen LogP contribution in [0.2, 0.25) is 0 Å². The fourth-order valence-corrected chi connectivity index (χ4v) is 3.36. The van der Waals surface area contributed by atoms with E-state index in [0.717, 1.165) is 35.4 Å². The van der Waals surface area contributed by atoms with Crippen molar-refractivity contribution in [1.29, 1.82) is 0 Å². The molecule has 0 atom stereocenters. The van der Waals surface area contributed by atoms with Crippen molar-refractivity contribution in [3.8, 4) is 22.0 Å². The summed E-state index contributed by atoms with van der Waals surface area (Å²) >= 11 is 1.36. The first-order valence-corrected chi connectivity index (χ1v) is 9.15. The van der Waals surface area contributed by atoms with Gasteiger partial charge in [0.25, 0.3) is 0 Å². The Hall–Kier alpha value is -2.54. The van der Waals surface area contributed by atoms with Crippen LogP contribution in [0, 0.1) is 6.92 Å². The number of carbonyl (C=O) groups excluding carboxylic acids is 1. The van der Waals surface area contributed by atoms with Gasteiger partial charge in [-0.05, 0) is 6.42 Å². The van der Waals surface area contributed by atoms with Gasteiger partial charge in [0, 0.05) is 18.9 Å². The van der Waals surface area contributed by atoms with Crippen LogP contribution in [0.1, 0.15) is 38.5 Å². The normalized spacial score (nSPS) is 10.8. The summed E-state index contributed by atoms with van der Waals surface area (Å²) < 4.78 is 5.10. The molecule has 0 radical (unpaired) electrons. The number of carbonyl (C=O) groups is 1. The van der Waals surface area contributed by atoms with Crippen LogP contribution in [0.5, 0.6) is 0 Å². The maximum absolute atomic E-state index is 12.1. The number of hydrogen-bond donors (Lipinski definition) is 1. The molecule has 0 unspecified atom stereocenters. The first kappa shape index (κ1) is 17.3. The van der Waals surface area contributed by atoms with Crippen LogP contribution in [0.4, 0.5) is 5.13 Å². The fourth-order valence-electron chi connectivity index (χ4n) is 2.43. The van der Waals surface area contributed by atoms with E-state index < -0.39 is 0 Å². The minimum atomic E-state index is -0.0161. The van der Waals surface area contributed by atoms with Crippen LogP contribution >= 0.6 is 11.3 Å². The highest BCUT2D eigenvalue weighted by molar-refractivity contribution is 7.19. The molecular formula is C18H20N4O2S. The highest BCUT2D eigenvalue weighted by Gasteiger charge is 2.19. The minimum absolute atomic E-state index is 0.0161. The first-order valence-electron chi connectivity index (χ1n) is 8.34. The van der Waals surface area contributed by atoms with Crippen molar-refractivity contribution in [2.75, 3.05) is 5.32 Å². The second-order valence-corrected chi connectivity index (χ2v) is 6.70. The van der Waals surface area contributed by atoms with E-state index in [1.807, 2.05) is 30.3 Å². The number of benzene rings is 1. The van der Waals surface area contributed by atoms with Crippen LogP contribution < -0.4 is 5.32 Å². The third-order valence-corrected chi connectivity index (χ3v) is 4.63. The monoisotopic (exact) mass is 356 g/mol. The molecule has 0 saturated heterocycles. The molecule has 1 aromatic carbocycles. The molecule has 6 nitrogen and oxygen atoms in total. The molecule has 2 heterocycles. The Morgan fingerprint density at radius 2 is 2.00 bits per heavy atom. The SMILES string of the molecule is CCCCCC(=O)Nc1nc(-c2ccccc2)c(-c2noc(C)n2)s1. The van der Waals surface area contributed by atoms with Crippen LogP contribution in [-0.2, 0) is 4.79 Å². The second kappa shape index (κ2) is 8.02. The average Bonchev–Trinajstić information content (AvgIpc) is 3.22. The number of rotatable bonds is 7. The number of unbranched alkanes of at least 4 members (excludes halogenated alkanes) is 2. The van der Waals surface area contributed by atoms with Gasteiger partial charge in [0.1, 0.15) is 4.88 Å². The molecule has 0 aliphatic heterocycles. The predicted molar refractivity (Wildman–Crippen MR) is 98.4 cm³/mol. The minimum Gasteiger partial charge on any atom is -0.339 e. The third-order valence-electron chi connectivity index (χ3n) is 3.66. The quantitative estimate of drug-likeness (QED) is 0.621. The number of thiazole rings is 1. The summed E-state index contributed by atoms with van der Waals surface area (Å²) in [6, 6.07) is 9.78. The summed E-state index contributed by atoms with van der Waals surface area (Å²) in [5, 5.41) is 7.44. The highest BCUT2D eigenvalue weighted by Crippen LogP contribution is 2.37. The predicted octanol–water partition coefficient (Wildman–Crippen LogP) is 4.69. The maximum atomic E-state index is 12.1. The lowest BCUT2D eigenvalue weighted by atomic mass is 10.1. The van der Waals surface area contributed by atoms with Gasteiger partial charge in [-0.15, -0.1) is 0 Å². The van der Waals surface area contributed by atoms with E-state index in [9.17, 15) is 4.79 Å². The standard InChI is InChI=1S/C18H20N4O2S/c1-3-4-6-11-14(23)20-18-21-15(13-9-7-5-8-10-13)16(25-18)17-19-12(2)24-22-17/h5,7-10H,3-4,6,11H2,1-2H3,(H,20,21,23). The van der Waals surface area contributed by atoms with Crippen LogP contribution in [0.25, 0.3) is 22.0 Å². The van der Waals surface area contributed by atoms with Gasteiger partial charge in [-0.1, -0.05) is 66.6 Å². The fraction of sp³-hybridized carbons (Fsp3) is 0.333.